The predicted octanol–water partition coefficient (Wildman–Crippen LogP) is 2.93. The van der Waals surface area contributed by atoms with Crippen LogP contribution in [-0.2, 0) is 14.8 Å². The van der Waals surface area contributed by atoms with Crippen LogP contribution in [0.3, 0.4) is 0 Å². The van der Waals surface area contributed by atoms with Crippen LogP contribution in [-0.4, -0.2) is 33.4 Å². The SMILES string of the molecule is O=S(=O)(CC1CCOCC1)NC1CC(c2ccc(Cl)cc2)C1. The first-order valence-electron chi connectivity index (χ1n) is 7.85. The van der Waals surface area contributed by atoms with Crippen molar-refractivity contribution < 1.29 is 13.2 Å². The number of ether oxygens (including phenoxy) is 1. The summed E-state index contributed by atoms with van der Waals surface area (Å²) in [7, 11) is -3.18. The van der Waals surface area contributed by atoms with Crippen molar-refractivity contribution in [2.75, 3.05) is 19.0 Å². The Morgan fingerprint density at radius 3 is 2.41 bits per heavy atom. The molecule has 1 saturated heterocycles. The first kappa shape index (κ1) is 16.2. The minimum Gasteiger partial charge on any atom is -0.381 e. The minimum absolute atomic E-state index is 0.0746. The number of rotatable bonds is 5. The van der Waals surface area contributed by atoms with Crippen LogP contribution in [0.2, 0.25) is 5.02 Å². The molecule has 22 heavy (non-hydrogen) atoms. The van der Waals surface area contributed by atoms with Gasteiger partial charge in [-0.25, -0.2) is 13.1 Å². The lowest BCUT2D eigenvalue weighted by atomic mass is 9.76. The first-order valence-corrected chi connectivity index (χ1v) is 9.88. The Hall–Kier alpha value is -0.620. The van der Waals surface area contributed by atoms with E-state index in [4.69, 9.17) is 16.3 Å². The smallest absolute Gasteiger partial charge is 0.212 e. The third-order valence-electron chi connectivity index (χ3n) is 4.62. The minimum atomic E-state index is -3.18. The lowest BCUT2D eigenvalue weighted by Gasteiger charge is -2.36. The Balaban J connectivity index is 1.47. The van der Waals surface area contributed by atoms with Crippen LogP contribution in [0.25, 0.3) is 0 Å². The molecule has 0 bridgehead atoms. The number of sulfonamides is 1. The molecule has 2 fully saturated rings. The van der Waals surface area contributed by atoms with Gasteiger partial charge in [-0.15, -0.1) is 0 Å². The summed E-state index contributed by atoms with van der Waals surface area (Å²) in [5.41, 5.74) is 1.24. The highest BCUT2D eigenvalue weighted by atomic mass is 35.5. The second kappa shape index (κ2) is 6.87. The third-order valence-corrected chi connectivity index (χ3v) is 6.48. The van der Waals surface area contributed by atoms with E-state index >= 15 is 0 Å². The second-order valence-corrected chi connectivity index (χ2v) is 8.61. The van der Waals surface area contributed by atoms with Crippen LogP contribution in [0.1, 0.15) is 37.2 Å². The molecular formula is C16H22ClNO3S. The van der Waals surface area contributed by atoms with Gasteiger partial charge in [-0.2, -0.15) is 0 Å². The van der Waals surface area contributed by atoms with E-state index in [-0.39, 0.29) is 17.7 Å². The van der Waals surface area contributed by atoms with Crippen LogP contribution in [0, 0.1) is 5.92 Å². The molecule has 1 aromatic rings. The van der Waals surface area contributed by atoms with E-state index in [0.29, 0.717) is 19.1 Å². The van der Waals surface area contributed by atoms with Gasteiger partial charge < -0.3 is 4.74 Å². The molecule has 0 aromatic heterocycles. The highest BCUT2D eigenvalue weighted by Gasteiger charge is 2.33. The number of hydrogen-bond donors (Lipinski definition) is 1. The third kappa shape index (κ3) is 4.22. The monoisotopic (exact) mass is 343 g/mol. The molecule has 4 nitrogen and oxygen atoms in total. The van der Waals surface area contributed by atoms with Crippen LogP contribution < -0.4 is 4.72 Å². The Morgan fingerprint density at radius 1 is 1.14 bits per heavy atom. The van der Waals surface area contributed by atoms with E-state index in [0.717, 1.165) is 30.7 Å². The van der Waals surface area contributed by atoms with Gasteiger partial charge in [0.1, 0.15) is 0 Å². The molecule has 0 spiro atoms. The molecular weight excluding hydrogens is 322 g/mol. The van der Waals surface area contributed by atoms with E-state index in [2.05, 4.69) is 4.72 Å². The maximum atomic E-state index is 12.2. The quantitative estimate of drug-likeness (QED) is 0.894. The summed E-state index contributed by atoms with van der Waals surface area (Å²) in [6.45, 7) is 1.37. The molecule has 0 atom stereocenters. The normalized spacial score (nSPS) is 26.6. The predicted molar refractivity (Wildman–Crippen MR) is 87.7 cm³/mol. The number of hydrogen-bond acceptors (Lipinski definition) is 3. The van der Waals surface area contributed by atoms with E-state index in [1.807, 2.05) is 24.3 Å². The fourth-order valence-electron chi connectivity index (χ4n) is 3.25. The van der Waals surface area contributed by atoms with Gasteiger partial charge in [0.05, 0.1) is 5.75 Å². The Kier molecular flexibility index (Phi) is 5.07. The zero-order valence-electron chi connectivity index (χ0n) is 12.5. The standard InChI is InChI=1S/C16H22ClNO3S/c17-15-3-1-13(2-4-15)14-9-16(10-14)18-22(19,20)11-12-5-7-21-8-6-12/h1-4,12,14,16,18H,5-11H2. The fourth-order valence-corrected chi connectivity index (χ4v) is 5.12. The largest absolute Gasteiger partial charge is 0.381 e. The van der Waals surface area contributed by atoms with Crippen molar-refractivity contribution >= 4 is 21.6 Å². The van der Waals surface area contributed by atoms with Crippen molar-refractivity contribution in [1.82, 2.24) is 4.72 Å². The average Bonchev–Trinajstić information content (AvgIpc) is 2.44. The van der Waals surface area contributed by atoms with Crippen molar-refractivity contribution in [2.45, 2.75) is 37.6 Å². The lowest BCUT2D eigenvalue weighted by molar-refractivity contribution is 0.0722. The van der Waals surface area contributed by atoms with Gasteiger partial charge in [-0.3, -0.25) is 0 Å². The van der Waals surface area contributed by atoms with E-state index in [1.54, 1.807) is 0 Å². The summed E-state index contributed by atoms with van der Waals surface area (Å²) in [4.78, 5) is 0. The van der Waals surface area contributed by atoms with Gasteiger partial charge in [0, 0.05) is 24.3 Å². The lowest BCUT2D eigenvalue weighted by Crippen LogP contribution is -2.45. The molecule has 6 heteroatoms. The average molecular weight is 344 g/mol. The van der Waals surface area contributed by atoms with Gasteiger partial charge >= 0.3 is 0 Å². The van der Waals surface area contributed by atoms with Gasteiger partial charge in [0.15, 0.2) is 0 Å². The van der Waals surface area contributed by atoms with Gasteiger partial charge in [0.2, 0.25) is 10.0 Å². The maximum Gasteiger partial charge on any atom is 0.212 e. The van der Waals surface area contributed by atoms with Crippen molar-refractivity contribution in [1.29, 1.82) is 0 Å². The summed E-state index contributed by atoms with van der Waals surface area (Å²) in [5, 5.41) is 0.733. The number of halogens is 1. The molecule has 2 aliphatic rings. The molecule has 1 N–H and O–H groups in total. The molecule has 1 saturated carbocycles. The van der Waals surface area contributed by atoms with Crippen LogP contribution in [0.5, 0.6) is 0 Å². The molecule has 0 amide bonds. The topological polar surface area (TPSA) is 55.4 Å². The fraction of sp³-hybridized carbons (Fsp3) is 0.625. The summed E-state index contributed by atoms with van der Waals surface area (Å²) >= 11 is 5.89. The molecule has 1 heterocycles. The highest BCUT2D eigenvalue weighted by Crippen LogP contribution is 2.37. The Labute approximate surface area is 137 Å². The van der Waals surface area contributed by atoms with Crippen molar-refractivity contribution in [3.63, 3.8) is 0 Å². The molecule has 122 valence electrons. The summed E-state index contributed by atoms with van der Waals surface area (Å²) in [6.07, 6.45) is 3.43. The molecule has 0 radical (unpaired) electrons. The van der Waals surface area contributed by atoms with Gasteiger partial charge in [-0.1, -0.05) is 23.7 Å². The van der Waals surface area contributed by atoms with E-state index in [9.17, 15) is 8.42 Å². The molecule has 1 aliphatic heterocycles. The number of benzene rings is 1. The molecule has 0 unspecified atom stereocenters. The Morgan fingerprint density at radius 2 is 1.77 bits per heavy atom. The zero-order valence-corrected chi connectivity index (χ0v) is 14.1. The summed E-state index contributed by atoms with van der Waals surface area (Å²) in [5.74, 6) is 0.907. The summed E-state index contributed by atoms with van der Waals surface area (Å²) < 4.78 is 32.6. The zero-order chi connectivity index (χ0) is 15.6. The van der Waals surface area contributed by atoms with Crippen molar-refractivity contribution in [2.24, 2.45) is 5.92 Å². The molecule has 1 aromatic carbocycles. The second-order valence-electron chi connectivity index (χ2n) is 6.37. The molecule has 1 aliphatic carbocycles. The van der Waals surface area contributed by atoms with Crippen LogP contribution >= 0.6 is 11.6 Å². The van der Waals surface area contributed by atoms with Gasteiger partial charge in [0.25, 0.3) is 0 Å². The first-order chi connectivity index (χ1) is 10.5. The van der Waals surface area contributed by atoms with E-state index < -0.39 is 10.0 Å². The Bertz CT molecular complexity index is 590. The molecule has 3 rings (SSSR count). The van der Waals surface area contributed by atoms with Crippen molar-refractivity contribution in [3.8, 4) is 0 Å². The van der Waals surface area contributed by atoms with Crippen LogP contribution in [0.15, 0.2) is 24.3 Å². The van der Waals surface area contributed by atoms with E-state index in [1.165, 1.54) is 5.56 Å². The van der Waals surface area contributed by atoms with Gasteiger partial charge in [-0.05, 0) is 55.2 Å². The van der Waals surface area contributed by atoms with Crippen molar-refractivity contribution in [3.05, 3.63) is 34.9 Å². The number of nitrogens with one attached hydrogen (secondary N) is 1. The summed E-state index contributed by atoms with van der Waals surface area (Å²) in [6, 6.07) is 7.91. The highest BCUT2D eigenvalue weighted by molar-refractivity contribution is 7.89. The van der Waals surface area contributed by atoms with Crippen LogP contribution in [0.4, 0.5) is 0 Å². The maximum absolute atomic E-state index is 12.2.